The fourth-order valence-electron chi connectivity index (χ4n) is 3.71. The van der Waals surface area contributed by atoms with Crippen LogP contribution in [0.1, 0.15) is 49.4 Å². The van der Waals surface area contributed by atoms with Crippen LogP contribution in [0.5, 0.6) is 5.75 Å². The van der Waals surface area contributed by atoms with Crippen molar-refractivity contribution in [1.29, 1.82) is 0 Å². The highest BCUT2D eigenvalue weighted by molar-refractivity contribution is 7.89. The molecule has 0 saturated heterocycles. The van der Waals surface area contributed by atoms with Crippen molar-refractivity contribution < 1.29 is 22.7 Å². The zero-order chi connectivity index (χ0) is 22.4. The second-order valence-electron chi connectivity index (χ2n) is 7.73. The summed E-state index contributed by atoms with van der Waals surface area (Å²) in [6.45, 7) is 1.19. The second kappa shape index (κ2) is 10.1. The van der Waals surface area contributed by atoms with Gasteiger partial charge in [-0.05, 0) is 56.2 Å². The molecule has 0 unspecified atom stereocenters. The maximum Gasteiger partial charge on any atom is 0.262 e. The number of amides is 1. The fourth-order valence-corrected chi connectivity index (χ4v) is 5.27. The van der Waals surface area contributed by atoms with E-state index in [0.717, 1.165) is 32.1 Å². The second-order valence-corrected chi connectivity index (χ2v) is 9.69. The van der Waals surface area contributed by atoms with Crippen LogP contribution >= 0.6 is 0 Å². The van der Waals surface area contributed by atoms with Crippen LogP contribution < -0.4 is 10.1 Å². The Kier molecular flexibility index (Phi) is 7.46. The molecule has 0 bridgehead atoms. The molecule has 1 fully saturated rings. The Bertz CT molecular complexity index is 1030. The molecule has 0 radical (unpaired) electrons. The summed E-state index contributed by atoms with van der Waals surface area (Å²) in [6, 6.07) is 12.8. The molecule has 0 aromatic heterocycles. The van der Waals surface area contributed by atoms with Gasteiger partial charge in [-0.1, -0.05) is 31.4 Å². The van der Waals surface area contributed by atoms with Crippen LogP contribution in [-0.2, 0) is 14.8 Å². The SMILES string of the molecule is CC(=O)c1ccc(OCC(=O)Nc2ccccc2S(=O)(=O)N(C)C2CCCCC2)cc1. The van der Waals surface area contributed by atoms with Gasteiger partial charge in [0, 0.05) is 18.7 Å². The Labute approximate surface area is 183 Å². The number of Topliss-reactive ketones (excluding diaryl/α,β-unsaturated/α-hetero) is 1. The first kappa shape index (κ1) is 23.0. The number of sulfonamides is 1. The molecule has 0 atom stereocenters. The minimum atomic E-state index is -3.75. The summed E-state index contributed by atoms with van der Waals surface area (Å²) in [4.78, 5) is 23.8. The van der Waals surface area contributed by atoms with E-state index in [1.807, 2.05) is 0 Å². The zero-order valence-corrected chi connectivity index (χ0v) is 18.7. The number of nitrogens with zero attached hydrogens (tertiary/aromatic N) is 1. The number of carbonyl (C=O) groups excluding carboxylic acids is 2. The van der Waals surface area contributed by atoms with Gasteiger partial charge in [0.25, 0.3) is 5.91 Å². The largest absolute Gasteiger partial charge is 0.484 e. The van der Waals surface area contributed by atoms with Gasteiger partial charge < -0.3 is 10.1 Å². The van der Waals surface area contributed by atoms with Gasteiger partial charge in [0.05, 0.1) is 5.69 Å². The van der Waals surface area contributed by atoms with Crippen molar-refractivity contribution in [3.05, 3.63) is 54.1 Å². The standard InChI is InChI=1S/C23H28N2O5S/c1-17(26)18-12-14-20(15-13-18)30-16-23(27)24-21-10-6-7-11-22(21)31(28,29)25(2)19-8-4-3-5-9-19/h6-7,10-15,19H,3-5,8-9,16H2,1-2H3,(H,24,27). The maximum atomic E-state index is 13.2. The van der Waals surface area contributed by atoms with E-state index in [-0.39, 0.29) is 29.0 Å². The van der Waals surface area contributed by atoms with Gasteiger partial charge in [0.2, 0.25) is 10.0 Å². The monoisotopic (exact) mass is 444 g/mol. The van der Waals surface area contributed by atoms with Crippen molar-refractivity contribution in [2.24, 2.45) is 0 Å². The number of carbonyl (C=O) groups is 2. The van der Waals surface area contributed by atoms with Gasteiger partial charge in [0.15, 0.2) is 12.4 Å². The summed E-state index contributed by atoms with van der Waals surface area (Å²) in [7, 11) is -2.14. The van der Waals surface area contributed by atoms with Crippen LogP contribution in [-0.4, -0.2) is 44.1 Å². The van der Waals surface area contributed by atoms with E-state index in [2.05, 4.69) is 5.32 Å². The molecule has 0 heterocycles. The van der Waals surface area contributed by atoms with Gasteiger partial charge in [-0.3, -0.25) is 9.59 Å². The molecule has 31 heavy (non-hydrogen) atoms. The van der Waals surface area contributed by atoms with E-state index in [0.29, 0.717) is 11.3 Å². The quantitative estimate of drug-likeness (QED) is 0.624. The molecule has 1 saturated carbocycles. The number of hydrogen-bond donors (Lipinski definition) is 1. The smallest absolute Gasteiger partial charge is 0.262 e. The van der Waals surface area contributed by atoms with Crippen molar-refractivity contribution in [3.63, 3.8) is 0 Å². The van der Waals surface area contributed by atoms with Crippen molar-refractivity contribution in [2.75, 3.05) is 19.0 Å². The third-order valence-electron chi connectivity index (χ3n) is 5.54. The molecule has 1 aliphatic rings. The lowest BCUT2D eigenvalue weighted by Gasteiger charge is -2.30. The van der Waals surface area contributed by atoms with Crippen molar-refractivity contribution in [3.8, 4) is 5.75 Å². The van der Waals surface area contributed by atoms with Crippen LogP contribution in [0.25, 0.3) is 0 Å². The maximum absolute atomic E-state index is 13.2. The van der Waals surface area contributed by atoms with E-state index in [9.17, 15) is 18.0 Å². The predicted molar refractivity (Wildman–Crippen MR) is 119 cm³/mol. The average Bonchev–Trinajstić information content (AvgIpc) is 2.78. The Morgan fingerprint density at radius 3 is 2.32 bits per heavy atom. The first-order chi connectivity index (χ1) is 14.8. The first-order valence-corrected chi connectivity index (χ1v) is 11.8. The van der Waals surface area contributed by atoms with Gasteiger partial charge >= 0.3 is 0 Å². The Morgan fingerprint density at radius 2 is 1.68 bits per heavy atom. The van der Waals surface area contributed by atoms with Crippen LogP contribution in [0.3, 0.4) is 0 Å². The molecule has 3 rings (SSSR count). The molecule has 7 nitrogen and oxygen atoms in total. The molecule has 1 N–H and O–H groups in total. The Hall–Kier alpha value is -2.71. The summed E-state index contributed by atoms with van der Waals surface area (Å²) < 4.78 is 33.3. The van der Waals surface area contributed by atoms with E-state index in [1.165, 1.54) is 17.3 Å². The van der Waals surface area contributed by atoms with Gasteiger partial charge in [-0.2, -0.15) is 4.31 Å². The molecular formula is C23H28N2O5S. The van der Waals surface area contributed by atoms with Gasteiger partial charge in [-0.15, -0.1) is 0 Å². The number of anilines is 1. The third-order valence-corrected chi connectivity index (χ3v) is 7.51. The van der Waals surface area contributed by atoms with E-state index in [4.69, 9.17) is 4.74 Å². The topological polar surface area (TPSA) is 92.8 Å². The molecule has 2 aromatic carbocycles. The van der Waals surface area contributed by atoms with E-state index >= 15 is 0 Å². The number of rotatable bonds is 8. The predicted octanol–water partition coefficient (Wildman–Crippen LogP) is 3.86. The van der Waals surface area contributed by atoms with Crippen LogP contribution in [0.15, 0.2) is 53.4 Å². The Balaban J connectivity index is 1.68. The zero-order valence-electron chi connectivity index (χ0n) is 17.8. The molecule has 1 aliphatic carbocycles. The highest BCUT2D eigenvalue weighted by Crippen LogP contribution is 2.29. The number of ketones is 1. The molecule has 2 aromatic rings. The van der Waals surface area contributed by atoms with Crippen molar-refractivity contribution >= 4 is 27.4 Å². The molecule has 166 valence electrons. The summed E-state index contributed by atoms with van der Waals surface area (Å²) in [5.74, 6) is -0.0861. The number of hydrogen-bond acceptors (Lipinski definition) is 5. The number of nitrogens with one attached hydrogen (secondary N) is 1. The normalized spacial score (nSPS) is 14.9. The first-order valence-electron chi connectivity index (χ1n) is 10.4. The third kappa shape index (κ3) is 5.71. The number of para-hydroxylation sites is 1. The highest BCUT2D eigenvalue weighted by atomic mass is 32.2. The van der Waals surface area contributed by atoms with Gasteiger partial charge in [0.1, 0.15) is 10.6 Å². The fraction of sp³-hybridized carbons (Fsp3) is 0.391. The summed E-state index contributed by atoms with van der Waals surface area (Å²) in [6.07, 6.45) is 4.87. The number of benzene rings is 2. The van der Waals surface area contributed by atoms with Crippen LogP contribution in [0, 0.1) is 0 Å². The minimum absolute atomic E-state index is 0.0242. The van der Waals surface area contributed by atoms with Crippen LogP contribution in [0.2, 0.25) is 0 Å². The molecule has 0 aliphatic heterocycles. The summed E-state index contributed by atoms with van der Waals surface area (Å²) >= 11 is 0. The molecule has 0 spiro atoms. The van der Waals surface area contributed by atoms with Crippen LogP contribution in [0.4, 0.5) is 5.69 Å². The van der Waals surface area contributed by atoms with Crippen molar-refractivity contribution in [2.45, 2.75) is 50.0 Å². The highest BCUT2D eigenvalue weighted by Gasteiger charge is 2.31. The average molecular weight is 445 g/mol. The Morgan fingerprint density at radius 1 is 1.03 bits per heavy atom. The molecule has 1 amide bonds. The molecular weight excluding hydrogens is 416 g/mol. The lowest BCUT2D eigenvalue weighted by Crippen LogP contribution is -2.38. The molecule has 8 heteroatoms. The van der Waals surface area contributed by atoms with Gasteiger partial charge in [-0.25, -0.2) is 8.42 Å². The van der Waals surface area contributed by atoms with E-state index in [1.54, 1.807) is 49.5 Å². The summed E-state index contributed by atoms with van der Waals surface area (Å²) in [5, 5.41) is 2.65. The van der Waals surface area contributed by atoms with Crippen molar-refractivity contribution in [1.82, 2.24) is 4.31 Å². The lowest BCUT2D eigenvalue weighted by atomic mass is 9.96. The number of ether oxygens (including phenoxy) is 1. The van der Waals surface area contributed by atoms with E-state index < -0.39 is 15.9 Å². The minimum Gasteiger partial charge on any atom is -0.484 e. The summed E-state index contributed by atoms with van der Waals surface area (Å²) in [5.41, 5.74) is 0.781. The lowest BCUT2D eigenvalue weighted by molar-refractivity contribution is -0.118.